The number of likely N-dealkylation sites (N-methyl/N-ethyl adjacent to an activating group) is 1. The maximum atomic E-state index is 12.5. The van der Waals surface area contributed by atoms with Gasteiger partial charge >= 0.3 is 0 Å². The van der Waals surface area contributed by atoms with E-state index in [1.807, 2.05) is 6.20 Å². The number of amides is 1. The molecule has 4 heterocycles. The van der Waals surface area contributed by atoms with Gasteiger partial charge in [-0.15, -0.1) is 0 Å². The van der Waals surface area contributed by atoms with Gasteiger partial charge in [0.1, 0.15) is 11.5 Å². The topological polar surface area (TPSA) is 70.4 Å². The fraction of sp³-hybridized carbons (Fsp3) is 0.529. The van der Waals surface area contributed by atoms with E-state index in [1.165, 1.54) is 11.9 Å². The quantitative estimate of drug-likeness (QED) is 0.787. The Bertz CT molecular complexity index is 737. The number of piperazine rings is 1. The highest BCUT2D eigenvalue weighted by molar-refractivity contribution is 5.91. The van der Waals surface area contributed by atoms with Crippen LogP contribution >= 0.6 is 0 Å². The molecule has 0 bridgehead atoms. The van der Waals surface area contributed by atoms with Crippen LogP contribution in [0.5, 0.6) is 0 Å². The highest BCUT2D eigenvalue weighted by Crippen LogP contribution is 2.17. The van der Waals surface area contributed by atoms with E-state index in [-0.39, 0.29) is 5.91 Å². The first-order valence-electron chi connectivity index (χ1n) is 8.70. The number of carbonyl (C=O) groups is 1. The minimum absolute atomic E-state index is 0.0806. The molecule has 2 aliphatic rings. The third kappa shape index (κ3) is 3.40. The Kier molecular flexibility index (Phi) is 4.46. The Morgan fingerprint density at radius 2 is 1.88 bits per heavy atom. The predicted octanol–water partition coefficient (Wildman–Crippen LogP) is 0.0765. The predicted molar refractivity (Wildman–Crippen MR) is 91.8 cm³/mol. The van der Waals surface area contributed by atoms with Crippen LogP contribution in [-0.2, 0) is 19.6 Å². The van der Waals surface area contributed by atoms with Gasteiger partial charge in [0.05, 0.1) is 18.4 Å². The molecule has 25 heavy (non-hydrogen) atoms. The summed E-state index contributed by atoms with van der Waals surface area (Å²) in [5.74, 6) is 0.871. The number of aromatic nitrogens is 4. The zero-order chi connectivity index (χ0) is 17.2. The molecular formula is C17H23N7O. The van der Waals surface area contributed by atoms with Crippen molar-refractivity contribution in [2.24, 2.45) is 0 Å². The van der Waals surface area contributed by atoms with Gasteiger partial charge in [-0.3, -0.25) is 14.7 Å². The Balaban J connectivity index is 1.43. The number of hydrogen-bond donors (Lipinski definition) is 0. The van der Waals surface area contributed by atoms with Gasteiger partial charge in [0.15, 0.2) is 0 Å². The molecule has 0 N–H and O–H groups in total. The van der Waals surface area contributed by atoms with Crippen molar-refractivity contribution in [2.45, 2.75) is 19.6 Å². The summed E-state index contributed by atoms with van der Waals surface area (Å²) in [6, 6.07) is 0. The number of nitrogens with zero attached hydrogens (tertiary/aromatic N) is 7. The number of carbonyl (C=O) groups excluding carboxylic acids is 1. The minimum Gasteiger partial charge on any atom is -0.328 e. The second kappa shape index (κ2) is 6.89. The lowest BCUT2D eigenvalue weighted by molar-refractivity contribution is 0.0698. The van der Waals surface area contributed by atoms with E-state index in [0.717, 1.165) is 45.1 Å². The zero-order valence-corrected chi connectivity index (χ0v) is 14.5. The Morgan fingerprint density at radius 1 is 1.04 bits per heavy atom. The van der Waals surface area contributed by atoms with Crippen LogP contribution in [-0.4, -0.2) is 79.9 Å². The fourth-order valence-corrected chi connectivity index (χ4v) is 3.43. The number of rotatable bonds is 3. The van der Waals surface area contributed by atoms with E-state index in [0.29, 0.717) is 18.8 Å². The number of imidazole rings is 1. The molecule has 132 valence electrons. The molecule has 0 saturated carbocycles. The fourth-order valence-electron chi connectivity index (χ4n) is 3.43. The van der Waals surface area contributed by atoms with Gasteiger partial charge < -0.3 is 14.4 Å². The van der Waals surface area contributed by atoms with Crippen molar-refractivity contribution in [1.82, 2.24) is 34.2 Å². The molecule has 4 rings (SSSR count). The summed E-state index contributed by atoms with van der Waals surface area (Å²) < 4.78 is 2.26. The van der Waals surface area contributed by atoms with Gasteiger partial charge in [-0.05, 0) is 7.05 Å². The first-order valence-corrected chi connectivity index (χ1v) is 8.70. The van der Waals surface area contributed by atoms with Crippen LogP contribution in [0.4, 0.5) is 0 Å². The van der Waals surface area contributed by atoms with Gasteiger partial charge in [-0.1, -0.05) is 0 Å². The van der Waals surface area contributed by atoms with Crippen molar-refractivity contribution in [3.63, 3.8) is 0 Å². The Hall–Kier alpha value is -2.32. The SMILES string of the molecule is CN1CCN(Cc2cnc3n2CCN(C(=O)c2cnccn2)C3)CC1. The van der Waals surface area contributed by atoms with E-state index < -0.39 is 0 Å². The second-order valence-corrected chi connectivity index (χ2v) is 6.71. The monoisotopic (exact) mass is 341 g/mol. The number of fused-ring (bicyclic) bond motifs is 1. The van der Waals surface area contributed by atoms with Crippen molar-refractivity contribution in [2.75, 3.05) is 39.8 Å². The maximum Gasteiger partial charge on any atom is 0.274 e. The molecule has 1 fully saturated rings. The third-order valence-electron chi connectivity index (χ3n) is 5.00. The van der Waals surface area contributed by atoms with Crippen LogP contribution in [0.15, 0.2) is 24.8 Å². The van der Waals surface area contributed by atoms with Crippen LogP contribution < -0.4 is 0 Å². The summed E-state index contributed by atoms with van der Waals surface area (Å²) >= 11 is 0. The first kappa shape index (κ1) is 16.2. The van der Waals surface area contributed by atoms with Crippen molar-refractivity contribution < 1.29 is 4.79 Å². The molecule has 0 atom stereocenters. The zero-order valence-electron chi connectivity index (χ0n) is 14.5. The molecule has 8 heteroatoms. The van der Waals surface area contributed by atoms with Crippen LogP contribution in [0.1, 0.15) is 22.0 Å². The average molecular weight is 341 g/mol. The van der Waals surface area contributed by atoms with Gasteiger partial charge in [-0.2, -0.15) is 0 Å². The van der Waals surface area contributed by atoms with Crippen LogP contribution in [0.3, 0.4) is 0 Å². The van der Waals surface area contributed by atoms with E-state index >= 15 is 0 Å². The number of hydrogen-bond acceptors (Lipinski definition) is 6. The summed E-state index contributed by atoms with van der Waals surface area (Å²) in [4.78, 5) is 31.8. The molecule has 0 spiro atoms. The summed E-state index contributed by atoms with van der Waals surface area (Å²) in [5, 5.41) is 0. The molecule has 1 saturated heterocycles. The molecular weight excluding hydrogens is 318 g/mol. The molecule has 0 radical (unpaired) electrons. The Morgan fingerprint density at radius 3 is 2.64 bits per heavy atom. The molecule has 0 unspecified atom stereocenters. The smallest absolute Gasteiger partial charge is 0.274 e. The van der Waals surface area contributed by atoms with Crippen LogP contribution in [0.25, 0.3) is 0 Å². The van der Waals surface area contributed by atoms with Crippen molar-refractivity contribution in [1.29, 1.82) is 0 Å². The van der Waals surface area contributed by atoms with E-state index in [9.17, 15) is 4.79 Å². The lowest BCUT2D eigenvalue weighted by Gasteiger charge is -2.33. The summed E-state index contributed by atoms with van der Waals surface area (Å²) in [7, 11) is 2.17. The summed E-state index contributed by atoms with van der Waals surface area (Å²) in [6.45, 7) is 7.32. The normalized spacial score (nSPS) is 19.0. The molecule has 2 aromatic heterocycles. The van der Waals surface area contributed by atoms with Gasteiger partial charge in [-0.25, -0.2) is 9.97 Å². The standard InChI is InChI=1S/C17H23N7O/c1-21-4-6-22(7-5-21)12-14-10-20-16-13-23(8-9-24(14)16)17(25)15-11-18-2-3-19-15/h2-3,10-11H,4-9,12-13H2,1H3. The lowest BCUT2D eigenvalue weighted by atomic mass is 10.2. The minimum atomic E-state index is -0.0806. The molecule has 2 aliphatic heterocycles. The Labute approximate surface area is 147 Å². The van der Waals surface area contributed by atoms with Crippen LogP contribution in [0.2, 0.25) is 0 Å². The molecule has 1 amide bonds. The largest absolute Gasteiger partial charge is 0.328 e. The first-order chi connectivity index (χ1) is 12.2. The van der Waals surface area contributed by atoms with Crippen LogP contribution in [0, 0.1) is 0 Å². The summed E-state index contributed by atoms with van der Waals surface area (Å²) in [6.07, 6.45) is 6.60. The average Bonchev–Trinajstić information content (AvgIpc) is 3.06. The van der Waals surface area contributed by atoms with Gasteiger partial charge in [0, 0.05) is 64.4 Å². The summed E-state index contributed by atoms with van der Waals surface area (Å²) in [5.41, 5.74) is 1.63. The molecule has 8 nitrogen and oxygen atoms in total. The van der Waals surface area contributed by atoms with E-state index in [4.69, 9.17) is 0 Å². The molecule has 2 aromatic rings. The maximum absolute atomic E-state index is 12.5. The van der Waals surface area contributed by atoms with Crippen molar-refractivity contribution >= 4 is 5.91 Å². The highest BCUT2D eigenvalue weighted by Gasteiger charge is 2.26. The van der Waals surface area contributed by atoms with Crippen molar-refractivity contribution in [3.05, 3.63) is 42.0 Å². The third-order valence-corrected chi connectivity index (χ3v) is 5.00. The molecule has 0 aromatic carbocycles. The van der Waals surface area contributed by atoms with Gasteiger partial charge in [0.2, 0.25) is 0 Å². The molecule has 0 aliphatic carbocycles. The van der Waals surface area contributed by atoms with E-state index in [2.05, 4.69) is 36.4 Å². The van der Waals surface area contributed by atoms with Gasteiger partial charge in [0.25, 0.3) is 5.91 Å². The van der Waals surface area contributed by atoms with Crippen molar-refractivity contribution in [3.8, 4) is 0 Å². The second-order valence-electron chi connectivity index (χ2n) is 6.71. The highest BCUT2D eigenvalue weighted by atomic mass is 16.2. The lowest BCUT2D eigenvalue weighted by Crippen LogP contribution is -2.44. The van der Waals surface area contributed by atoms with E-state index in [1.54, 1.807) is 17.3 Å².